The summed E-state index contributed by atoms with van der Waals surface area (Å²) < 4.78 is 15.4. The quantitative estimate of drug-likeness (QED) is 0.590. The molecule has 4 bridgehead atoms. The maximum absolute atomic E-state index is 12.4. The molecule has 140 valence electrons. The predicted molar refractivity (Wildman–Crippen MR) is 109 cm³/mol. The number of aromatic nitrogens is 2. The van der Waals surface area contributed by atoms with E-state index in [1.165, 1.54) is 0 Å². The third-order valence-electron chi connectivity index (χ3n) is 4.27. The predicted octanol–water partition coefficient (Wildman–Crippen LogP) is 3.19. The topological polar surface area (TPSA) is 103 Å². The summed E-state index contributed by atoms with van der Waals surface area (Å²) in [7, 11) is -1.27. The zero-order valence-electron chi connectivity index (χ0n) is 15.0. The van der Waals surface area contributed by atoms with E-state index in [-0.39, 0.29) is 0 Å². The molecule has 0 saturated heterocycles. The van der Waals surface area contributed by atoms with Crippen molar-refractivity contribution in [3.63, 3.8) is 0 Å². The summed E-state index contributed by atoms with van der Waals surface area (Å²) in [6, 6.07) is 16.9. The minimum Gasteiger partial charge on any atom is -0.369 e. The standard InChI is InChI=1S/C20H18N6OS/c21-12-14-4-1-5-15(10-14)18-13-23-20-25-16-6-2-7-17(11-16)28(27)24-9-3-8-22-19(18)26-20/h1-2,4-7,10-11,13,24H,3,8-9H2,(H2,22,23,25,26). The third-order valence-corrected chi connectivity index (χ3v) is 5.42. The summed E-state index contributed by atoms with van der Waals surface area (Å²) in [5.74, 6) is 1.13. The zero-order chi connectivity index (χ0) is 19.3. The number of nitrogens with one attached hydrogen (secondary N) is 3. The molecule has 1 aromatic heterocycles. The first kappa shape index (κ1) is 18.1. The largest absolute Gasteiger partial charge is 0.369 e. The van der Waals surface area contributed by atoms with E-state index in [0.717, 1.165) is 23.2 Å². The van der Waals surface area contributed by atoms with Crippen LogP contribution in [0.1, 0.15) is 12.0 Å². The lowest BCUT2D eigenvalue weighted by molar-refractivity contribution is 0.669. The van der Waals surface area contributed by atoms with Gasteiger partial charge in [0.05, 0.1) is 16.5 Å². The monoisotopic (exact) mass is 390 g/mol. The molecular weight excluding hydrogens is 372 g/mol. The smallest absolute Gasteiger partial charge is 0.229 e. The Bertz CT molecular complexity index is 1080. The fourth-order valence-electron chi connectivity index (χ4n) is 2.91. The van der Waals surface area contributed by atoms with Crippen molar-refractivity contribution in [1.29, 1.82) is 5.26 Å². The van der Waals surface area contributed by atoms with Crippen LogP contribution in [0.2, 0.25) is 0 Å². The van der Waals surface area contributed by atoms with Gasteiger partial charge >= 0.3 is 0 Å². The molecule has 1 atom stereocenters. The van der Waals surface area contributed by atoms with Gasteiger partial charge in [0.15, 0.2) is 0 Å². The summed E-state index contributed by atoms with van der Waals surface area (Å²) >= 11 is 0. The molecule has 2 heterocycles. The third kappa shape index (κ3) is 4.01. The van der Waals surface area contributed by atoms with E-state index in [1.807, 2.05) is 42.5 Å². The lowest BCUT2D eigenvalue weighted by atomic mass is 10.1. The second-order valence-electron chi connectivity index (χ2n) is 6.24. The van der Waals surface area contributed by atoms with Crippen LogP contribution in [-0.4, -0.2) is 27.3 Å². The van der Waals surface area contributed by atoms with Crippen molar-refractivity contribution < 1.29 is 4.21 Å². The summed E-state index contributed by atoms with van der Waals surface area (Å²) in [6.07, 6.45) is 2.52. The second kappa shape index (κ2) is 8.17. The lowest BCUT2D eigenvalue weighted by Crippen LogP contribution is -2.20. The number of rotatable bonds is 1. The summed E-state index contributed by atoms with van der Waals surface area (Å²) in [6.45, 7) is 1.26. The van der Waals surface area contributed by atoms with Gasteiger partial charge in [0.1, 0.15) is 16.8 Å². The average Bonchev–Trinajstić information content (AvgIpc) is 2.74. The zero-order valence-corrected chi connectivity index (χ0v) is 15.8. The van der Waals surface area contributed by atoms with Gasteiger partial charge in [-0.1, -0.05) is 18.2 Å². The van der Waals surface area contributed by atoms with Gasteiger partial charge in [-0.2, -0.15) is 10.2 Å². The van der Waals surface area contributed by atoms with Crippen LogP contribution in [0.15, 0.2) is 59.6 Å². The molecule has 0 spiro atoms. The van der Waals surface area contributed by atoms with E-state index in [1.54, 1.807) is 12.3 Å². The Balaban J connectivity index is 1.74. The highest BCUT2D eigenvalue weighted by Crippen LogP contribution is 2.28. The maximum Gasteiger partial charge on any atom is 0.229 e. The first-order chi connectivity index (χ1) is 13.7. The molecular formula is C20H18N6OS. The van der Waals surface area contributed by atoms with Crippen molar-refractivity contribution in [2.75, 3.05) is 23.7 Å². The molecule has 0 amide bonds. The molecule has 4 rings (SSSR count). The Labute approximate surface area is 165 Å². The number of hydrogen-bond acceptors (Lipinski definition) is 6. The van der Waals surface area contributed by atoms with Crippen LogP contribution in [0.4, 0.5) is 17.5 Å². The molecule has 0 saturated carbocycles. The first-order valence-corrected chi connectivity index (χ1v) is 10.0. The minimum absolute atomic E-state index is 0.442. The number of hydrogen-bond donors (Lipinski definition) is 3. The Morgan fingerprint density at radius 2 is 2.00 bits per heavy atom. The van der Waals surface area contributed by atoms with Crippen molar-refractivity contribution in [2.45, 2.75) is 11.3 Å². The van der Waals surface area contributed by atoms with Gasteiger partial charge in [0.2, 0.25) is 5.95 Å². The van der Waals surface area contributed by atoms with E-state index in [2.05, 4.69) is 31.4 Å². The van der Waals surface area contributed by atoms with Crippen molar-refractivity contribution in [3.8, 4) is 17.2 Å². The molecule has 8 heteroatoms. The molecule has 1 unspecified atom stereocenters. The van der Waals surface area contributed by atoms with Gasteiger partial charge in [-0.05, 0) is 42.3 Å². The second-order valence-corrected chi connectivity index (χ2v) is 7.54. The van der Waals surface area contributed by atoms with Gasteiger partial charge in [-0.25, -0.2) is 13.9 Å². The van der Waals surface area contributed by atoms with Gasteiger partial charge in [0.25, 0.3) is 0 Å². The van der Waals surface area contributed by atoms with Crippen molar-refractivity contribution in [2.24, 2.45) is 0 Å². The van der Waals surface area contributed by atoms with Crippen LogP contribution in [0.3, 0.4) is 0 Å². The van der Waals surface area contributed by atoms with Crippen molar-refractivity contribution in [1.82, 2.24) is 14.7 Å². The fraction of sp³-hybridized carbons (Fsp3) is 0.150. The molecule has 0 fully saturated rings. The van der Waals surface area contributed by atoms with Gasteiger partial charge in [0, 0.05) is 30.5 Å². The van der Waals surface area contributed by atoms with Gasteiger partial charge < -0.3 is 10.6 Å². The molecule has 3 aromatic rings. The van der Waals surface area contributed by atoms with Gasteiger partial charge in [-0.15, -0.1) is 0 Å². The molecule has 3 N–H and O–H groups in total. The molecule has 0 aliphatic carbocycles. The molecule has 1 aliphatic heterocycles. The molecule has 1 aliphatic rings. The Kier molecular flexibility index (Phi) is 5.28. The van der Waals surface area contributed by atoms with Crippen molar-refractivity contribution in [3.05, 3.63) is 60.3 Å². The number of nitriles is 1. The molecule has 0 radical (unpaired) electrons. The molecule has 7 nitrogen and oxygen atoms in total. The lowest BCUT2D eigenvalue weighted by Gasteiger charge is -2.13. The number of nitrogens with zero attached hydrogens (tertiary/aromatic N) is 3. The highest BCUT2D eigenvalue weighted by Gasteiger charge is 2.12. The molecule has 2 aromatic carbocycles. The minimum atomic E-state index is -1.27. The number of anilines is 3. The van der Waals surface area contributed by atoms with Crippen LogP contribution in [0, 0.1) is 11.3 Å². The average molecular weight is 390 g/mol. The van der Waals surface area contributed by atoms with Crippen LogP contribution >= 0.6 is 0 Å². The Hall–Kier alpha value is -3.28. The summed E-state index contributed by atoms with van der Waals surface area (Å²) in [5, 5.41) is 15.7. The highest BCUT2D eigenvalue weighted by molar-refractivity contribution is 7.83. The van der Waals surface area contributed by atoms with Crippen LogP contribution < -0.4 is 15.4 Å². The van der Waals surface area contributed by atoms with Crippen LogP contribution in [0.25, 0.3) is 11.1 Å². The SMILES string of the molecule is N#Cc1cccc(-c2cnc3nc2NCCCNS(=O)c2cccc(c2)N3)c1. The Morgan fingerprint density at radius 3 is 2.89 bits per heavy atom. The van der Waals surface area contributed by atoms with Crippen LogP contribution in [0.5, 0.6) is 0 Å². The van der Waals surface area contributed by atoms with E-state index in [4.69, 9.17) is 0 Å². The van der Waals surface area contributed by atoms with E-state index in [0.29, 0.717) is 35.3 Å². The normalized spacial score (nSPS) is 16.3. The van der Waals surface area contributed by atoms with Crippen molar-refractivity contribution >= 4 is 28.4 Å². The summed E-state index contributed by atoms with van der Waals surface area (Å²) in [5.41, 5.74) is 3.04. The Morgan fingerprint density at radius 1 is 1.11 bits per heavy atom. The highest BCUT2D eigenvalue weighted by atomic mass is 32.2. The van der Waals surface area contributed by atoms with E-state index < -0.39 is 11.0 Å². The van der Waals surface area contributed by atoms with Crippen LogP contribution in [-0.2, 0) is 11.0 Å². The molecule has 28 heavy (non-hydrogen) atoms. The van der Waals surface area contributed by atoms with Gasteiger partial charge in [-0.3, -0.25) is 0 Å². The fourth-order valence-corrected chi connectivity index (χ4v) is 3.84. The first-order valence-electron chi connectivity index (χ1n) is 8.87. The summed E-state index contributed by atoms with van der Waals surface area (Å²) in [4.78, 5) is 9.75. The van der Waals surface area contributed by atoms with E-state index >= 15 is 0 Å². The number of fused-ring (bicyclic) bond motifs is 4. The van der Waals surface area contributed by atoms with E-state index in [9.17, 15) is 9.47 Å². The maximum atomic E-state index is 12.4. The number of benzene rings is 2.